The molecule has 21 rings (SSSR count). The third-order valence-corrected chi connectivity index (χ3v) is 28.5. The summed E-state index contributed by atoms with van der Waals surface area (Å²) in [6.07, 6.45) is 6.16. The van der Waals surface area contributed by atoms with Crippen LogP contribution in [0, 0.1) is 12.3 Å². The number of fused-ring (bicyclic) bond motifs is 18. The van der Waals surface area contributed by atoms with Crippen LogP contribution in [0.4, 0.5) is 17.1 Å². The van der Waals surface area contributed by atoms with Crippen molar-refractivity contribution in [1.82, 2.24) is 27.4 Å². The van der Waals surface area contributed by atoms with Crippen molar-refractivity contribution in [3.8, 4) is 46.5 Å². The van der Waals surface area contributed by atoms with Gasteiger partial charge in [-0.05, 0) is 330 Å². The zero-order valence-electron chi connectivity index (χ0n) is 80.9. The van der Waals surface area contributed by atoms with Gasteiger partial charge in [0, 0.05) is 121 Å². The monoisotopic (exact) mass is 1710 g/mol. The van der Waals surface area contributed by atoms with Gasteiger partial charge in [0.15, 0.2) is 0 Å². The van der Waals surface area contributed by atoms with E-state index >= 15 is 0 Å². The minimum absolute atomic E-state index is 0.0332. The van der Waals surface area contributed by atoms with Gasteiger partial charge in [0.1, 0.15) is 0 Å². The van der Waals surface area contributed by atoms with Crippen molar-refractivity contribution in [1.29, 1.82) is 0 Å². The highest BCUT2D eigenvalue weighted by molar-refractivity contribution is 6.18. The van der Waals surface area contributed by atoms with Gasteiger partial charge < -0.3 is 32.3 Å². The van der Waals surface area contributed by atoms with E-state index in [0.717, 1.165) is 78.8 Å². The summed E-state index contributed by atoms with van der Waals surface area (Å²) in [5, 5.41) is 14.8. The summed E-state index contributed by atoms with van der Waals surface area (Å²) in [7, 11) is 0. The SMILES string of the molecule is C#Cc1ccc(N(c2ccc(-n3c4ccc(-n5c6ccc(C(C)(C)C)cc6c6cc(C(C)(C)C)ccc65)cc4c4cc(-n5c6ccc(C(C)(C)C)cc6c6cc(C(C)(C)C)ccc65)ccc43)cc2)c2ccc(-n3c4ccc(-n5c6ccc(C(C)(C)C)cc6c6cc(C(C)(C)C)ccc65)cc4c4cc(-n5c6ccc(C(C)(C)C)cc6c6cc(C(C)(C)C)ccc65)ccc43)cc2)cc1. The molecule has 0 spiro atoms. The van der Waals surface area contributed by atoms with Crippen LogP contribution >= 0.6 is 0 Å². The van der Waals surface area contributed by atoms with E-state index in [9.17, 15) is 0 Å². The molecule has 0 aliphatic heterocycles. The molecule has 0 amide bonds. The Labute approximate surface area is 772 Å². The van der Waals surface area contributed by atoms with Crippen LogP contribution in [-0.2, 0) is 43.3 Å². The van der Waals surface area contributed by atoms with E-state index in [0.29, 0.717) is 0 Å². The predicted octanol–water partition coefficient (Wildman–Crippen LogP) is 34.1. The number of anilines is 3. The molecule has 131 heavy (non-hydrogen) atoms. The van der Waals surface area contributed by atoms with Crippen LogP contribution in [0.1, 0.15) is 216 Å². The third kappa shape index (κ3) is 14.0. The molecule has 7 heteroatoms. The molecule has 0 aliphatic carbocycles. The van der Waals surface area contributed by atoms with Gasteiger partial charge in [0.25, 0.3) is 0 Å². The molecule has 7 nitrogen and oxygen atoms in total. The molecule has 0 N–H and O–H groups in total. The van der Waals surface area contributed by atoms with Gasteiger partial charge >= 0.3 is 0 Å². The van der Waals surface area contributed by atoms with Gasteiger partial charge in [-0.25, -0.2) is 0 Å². The van der Waals surface area contributed by atoms with E-state index in [4.69, 9.17) is 6.42 Å². The molecule has 0 atom stereocenters. The number of nitrogens with zero attached hydrogens (tertiary/aromatic N) is 7. The quantitative estimate of drug-likeness (QED) is 0.133. The van der Waals surface area contributed by atoms with Gasteiger partial charge in [0.2, 0.25) is 0 Å². The summed E-state index contributed by atoms with van der Waals surface area (Å²) in [6, 6.07) is 113. The molecule has 0 unspecified atom stereocenters. The van der Waals surface area contributed by atoms with E-state index < -0.39 is 0 Å². The average Bonchev–Trinajstić information content (AvgIpc) is 1.56. The van der Waals surface area contributed by atoms with Crippen LogP contribution in [0.15, 0.2) is 291 Å². The Balaban J connectivity index is 0.733. The molecular formula is C124H121N7. The highest BCUT2D eigenvalue weighted by Crippen LogP contribution is 2.49. The Hall–Kier alpha value is -13.5. The van der Waals surface area contributed by atoms with Crippen LogP contribution in [-0.4, -0.2) is 27.4 Å². The highest BCUT2D eigenvalue weighted by Gasteiger charge is 2.31. The summed E-state index contributed by atoms with van der Waals surface area (Å²) in [4.78, 5) is 2.37. The molecule has 15 aromatic carbocycles. The van der Waals surface area contributed by atoms with Crippen molar-refractivity contribution < 1.29 is 0 Å². The molecule has 6 aromatic heterocycles. The van der Waals surface area contributed by atoms with Crippen molar-refractivity contribution in [2.24, 2.45) is 0 Å². The van der Waals surface area contributed by atoms with E-state index in [1.165, 1.54) is 153 Å². The lowest BCUT2D eigenvalue weighted by atomic mass is 9.85. The lowest BCUT2D eigenvalue weighted by Crippen LogP contribution is -2.10. The fourth-order valence-corrected chi connectivity index (χ4v) is 20.7. The van der Waals surface area contributed by atoms with Gasteiger partial charge in [-0.3, -0.25) is 0 Å². The third-order valence-electron chi connectivity index (χ3n) is 28.5. The lowest BCUT2D eigenvalue weighted by molar-refractivity contribution is 0.590. The summed E-state index contributed by atoms with van der Waals surface area (Å²) in [6.45, 7) is 55.7. The summed E-state index contributed by atoms with van der Waals surface area (Å²) < 4.78 is 15.0. The maximum absolute atomic E-state index is 6.16. The molecule has 0 radical (unpaired) electrons. The fraction of sp³-hybridized carbons (Fsp3) is 0.258. The average molecular weight is 1710 g/mol. The molecule has 0 bridgehead atoms. The van der Waals surface area contributed by atoms with Gasteiger partial charge in [-0.1, -0.05) is 221 Å². The second-order valence-electron chi connectivity index (χ2n) is 45.7. The number of hydrogen-bond donors (Lipinski definition) is 0. The lowest BCUT2D eigenvalue weighted by Gasteiger charge is -2.26. The van der Waals surface area contributed by atoms with Crippen molar-refractivity contribution in [2.45, 2.75) is 209 Å². The Morgan fingerprint density at radius 1 is 0.168 bits per heavy atom. The first-order chi connectivity index (χ1) is 61.9. The molecule has 0 fully saturated rings. The van der Waals surface area contributed by atoms with Crippen LogP contribution in [0.5, 0.6) is 0 Å². The smallest absolute Gasteiger partial charge is 0.0542 e. The maximum atomic E-state index is 6.16. The van der Waals surface area contributed by atoms with Gasteiger partial charge in [0.05, 0.1) is 66.2 Å². The Morgan fingerprint density at radius 3 is 0.466 bits per heavy atom. The minimum atomic E-state index is -0.0332. The predicted molar refractivity (Wildman–Crippen MR) is 565 cm³/mol. The van der Waals surface area contributed by atoms with E-state index in [2.05, 4.69) is 496 Å². The van der Waals surface area contributed by atoms with Gasteiger partial charge in [-0.2, -0.15) is 0 Å². The molecule has 6 heterocycles. The standard InChI is InChI=1S/C124H121N7/c1-26-75-27-37-84(38-28-75)125(85-39-43-87(44-40-85)126-113-59-47-89(128-105-51-29-76(117(2,3)4)63-93(105)94-64-77(118(5,6)7)30-52-106(94)128)71-101(113)102-72-90(48-60-114(102)126)129-107-53-31-78(119(8,9)10)65-95(107)96-66-79(120(11,12)13)32-54-108(96)129)86-41-45-88(46-42-86)127-115-61-49-91(130-109-55-33-80(121(14,15)16)67-97(109)98-68-81(122(17,18)19)34-56-110(98)130)73-103(115)104-74-92(50-62-116(104)127)131-111-57-35-82(123(20,21)22)69-99(111)100-70-83(124(23,24)25)36-58-112(100)131/h1,27-74H,2-25H3. The summed E-state index contributed by atoms with van der Waals surface area (Å²) in [5.74, 6) is 2.91. The largest absolute Gasteiger partial charge is 0.311 e. The van der Waals surface area contributed by atoms with Crippen LogP contribution in [0.3, 0.4) is 0 Å². The van der Waals surface area contributed by atoms with Crippen molar-refractivity contribution in [3.63, 3.8) is 0 Å². The molecule has 0 saturated heterocycles. The Kier molecular flexibility index (Phi) is 18.8. The van der Waals surface area contributed by atoms with Crippen LogP contribution in [0.2, 0.25) is 0 Å². The summed E-state index contributed by atoms with van der Waals surface area (Å²) in [5.41, 5.74) is 34.7. The minimum Gasteiger partial charge on any atom is -0.311 e. The number of hydrogen-bond acceptors (Lipinski definition) is 1. The zero-order chi connectivity index (χ0) is 91.9. The number of terminal acetylenes is 1. The first-order valence-corrected chi connectivity index (χ1v) is 47.1. The van der Waals surface area contributed by atoms with E-state index in [-0.39, 0.29) is 43.3 Å². The molecule has 0 aliphatic rings. The normalized spacial score (nSPS) is 13.2. The molecule has 0 saturated carbocycles. The van der Waals surface area contributed by atoms with Gasteiger partial charge in [-0.15, -0.1) is 6.42 Å². The van der Waals surface area contributed by atoms with Crippen molar-refractivity contribution in [2.75, 3.05) is 4.90 Å². The molecular weight excluding hydrogens is 1590 g/mol. The Bertz CT molecular complexity index is 7210. The summed E-state index contributed by atoms with van der Waals surface area (Å²) >= 11 is 0. The first-order valence-electron chi connectivity index (χ1n) is 47.1. The number of aromatic nitrogens is 6. The zero-order valence-corrected chi connectivity index (χ0v) is 80.9. The second-order valence-corrected chi connectivity index (χ2v) is 45.7. The topological polar surface area (TPSA) is 32.8 Å². The number of rotatable bonds is 9. The van der Waals surface area contributed by atoms with Crippen LogP contribution < -0.4 is 4.90 Å². The van der Waals surface area contributed by atoms with Crippen molar-refractivity contribution in [3.05, 3.63) is 341 Å². The molecule has 652 valence electrons. The van der Waals surface area contributed by atoms with Crippen LogP contribution in [0.25, 0.3) is 165 Å². The number of benzene rings is 15. The van der Waals surface area contributed by atoms with Crippen molar-refractivity contribution >= 4 is 148 Å². The highest BCUT2D eigenvalue weighted by atomic mass is 15.1. The maximum Gasteiger partial charge on any atom is 0.0542 e. The first kappa shape index (κ1) is 84.3. The van der Waals surface area contributed by atoms with E-state index in [1.807, 2.05) is 0 Å². The fourth-order valence-electron chi connectivity index (χ4n) is 20.7. The Morgan fingerprint density at radius 2 is 0.305 bits per heavy atom. The van der Waals surface area contributed by atoms with E-state index in [1.54, 1.807) is 0 Å². The second kappa shape index (κ2) is 29.2. The molecule has 21 aromatic rings.